The van der Waals surface area contributed by atoms with Gasteiger partial charge >= 0.3 is 0 Å². The number of nitrogens with zero attached hydrogens (tertiary/aromatic N) is 2. The Hall–Kier alpha value is -3.05. The smallest absolute Gasteiger partial charge is 0.128 e. The average molecular weight is 404 g/mol. The van der Waals surface area contributed by atoms with Gasteiger partial charge in [-0.1, -0.05) is 12.1 Å². The van der Waals surface area contributed by atoms with E-state index < -0.39 is 0 Å². The van der Waals surface area contributed by atoms with E-state index in [0.717, 1.165) is 55.2 Å². The Balaban J connectivity index is 1.64. The van der Waals surface area contributed by atoms with Crippen LogP contribution in [0.15, 0.2) is 66.9 Å². The van der Waals surface area contributed by atoms with Gasteiger partial charge in [-0.05, 0) is 80.0 Å². The molecule has 3 aromatic rings. The number of methoxy groups -OCH3 is 2. The van der Waals surface area contributed by atoms with E-state index in [-0.39, 0.29) is 0 Å². The predicted octanol–water partition coefficient (Wildman–Crippen LogP) is 4.52. The van der Waals surface area contributed by atoms with Crippen LogP contribution in [0.1, 0.15) is 18.4 Å². The molecule has 1 N–H and O–H groups in total. The van der Waals surface area contributed by atoms with Crippen molar-refractivity contribution < 1.29 is 9.47 Å². The predicted molar refractivity (Wildman–Crippen MR) is 121 cm³/mol. The fraction of sp³-hybridized carbons (Fsp3) is 0.320. The first-order chi connectivity index (χ1) is 14.8. The highest BCUT2D eigenvalue weighted by molar-refractivity contribution is 5.67. The first-order valence-corrected chi connectivity index (χ1v) is 10.5. The number of rotatable bonds is 7. The van der Waals surface area contributed by atoms with Gasteiger partial charge in [-0.2, -0.15) is 0 Å². The minimum absolute atomic E-state index is 0.502. The molecule has 5 heteroatoms. The lowest BCUT2D eigenvalue weighted by molar-refractivity contribution is 0.413. The van der Waals surface area contributed by atoms with Gasteiger partial charge < -0.3 is 19.7 Å². The third kappa shape index (κ3) is 4.57. The maximum absolute atomic E-state index is 5.54. The van der Waals surface area contributed by atoms with Crippen LogP contribution in [-0.2, 0) is 6.54 Å². The van der Waals surface area contributed by atoms with Crippen molar-refractivity contribution in [2.75, 3.05) is 32.2 Å². The van der Waals surface area contributed by atoms with Gasteiger partial charge in [0.2, 0.25) is 0 Å². The summed E-state index contributed by atoms with van der Waals surface area (Å²) in [7, 11) is 3.40. The van der Waals surface area contributed by atoms with Crippen LogP contribution in [0.5, 0.6) is 11.5 Å². The molecular formula is C25H29N3O2. The van der Waals surface area contributed by atoms with Crippen LogP contribution in [0.2, 0.25) is 0 Å². The second-order valence-corrected chi connectivity index (χ2v) is 7.56. The minimum atomic E-state index is 0.502. The number of benzene rings is 2. The maximum atomic E-state index is 5.54. The number of hydrogen-bond acceptors (Lipinski definition) is 5. The zero-order chi connectivity index (χ0) is 20.8. The SMILES string of the molecule is COc1ccc(N(Cc2ccnc(-c3ccccc3OC)c2)C2CCNCC2)cc1. The van der Waals surface area contributed by atoms with Crippen LogP contribution in [0.3, 0.4) is 0 Å². The topological polar surface area (TPSA) is 46.6 Å². The van der Waals surface area contributed by atoms with Gasteiger partial charge in [0.1, 0.15) is 11.5 Å². The second-order valence-electron chi connectivity index (χ2n) is 7.56. The number of piperidine rings is 1. The zero-order valence-electron chi connectivity index (χ0n) is 17.7. The largest absolute Gasteiger partial charge is 0.497 e. The average Bonchev–Trinajstić information content (AvgIpc) is 2.83. The number of anilines is 1. The number of hydrogen-bond donors (Lipinski definition) is 1. The zero-order valence-corrected chi connectivity index (χ0v) is 17.7. The summed E-state index contributed by atoms with van der Waals surface area (Å²) in [5, 5.41) is 3.48. The van der Waals surface area contributed by atoms with Crippen LogP contribution < -0.4 is 19.7 Å². The quantitative estimate of drug-likeness (QED) is 0.628. The van der Waals surface area contributed by atoms with Crippen LogP contribution in [0, 0.1) is 0 Å². The molecule has 0 bridgehead atoms. The molecule has 1 saturated heterocycles. The molecule has 0 aliphatic carbocycles. The van der Waals surface area contributed by atoms with Crippen molar-refractivity contribution in [3.05, 3.63) is 72.4 Å². The third-order valence-corrected chi connectivity index (χ3v) is 5.71. The van der Waals surface area contributed by atoms with Crippen molar-refractivity contribution >= 4 is 5.69 Å². The lowest BCUT2D eigenvalue weighted by Gasteiger charge is -2.36. The number of pyridine rings is 1. The van der Waals surface area contributed by atoms with Gasteiger partial charge in [-0.3, -0.25) is 4.98 Å². The molecule has 2 aromatic carbocycles. The van der Waals surface area contributed by atoms with Crippen LogP contribution in [0.4, 0.5) is 5.69 Å². The summed E-state index contributed by atoms with van der Waals surface area (Å²) < 4.78 is 10.9. The van der Waals surface area contributed by atoms with E-state index in [1.807, 2.05) is 36.5 Å². The van der Waals surface area contributed by atoms with Crippen molar-refractivity contribution in [2.45, 2.75) is 25.4 Å². The van der Waals surface area contributed by atoms with Gasteiger partial charge in [0, 0.05) is 30.0 Å². The Kier molecular flexibility index (Phi) is 6.50. The molecule has 30 heavy (non-hydrogen) atoms. The number of nitrogens with one attached hydrogen (secondary N) is 1. The molecule has 0 atom stereocenters. The van der Waals surface area contributed by atoms with Crippen LogP contribution >= 0.6 is 0 Å². The van der Waals surface area contributed by atoms with E-state index in [4.69, 9.17) is 9.47 Å². The molecule has 1 fully saturated rings. The lowest BCUT2D eigenvalue weighted by Crippen LogP contribution is -2.43. The summed E-state index contributed by atoms with van der Waals surface area (Å²) in [4.78, 5) is 7.12. The fourth-order valence-corrected chi connectivity index (χ4v) is 4.10. The maximum Gasteiger partial charge on any atom is 0.128 e. The van der Waals surface area contributed by atoms with E-state index in [1.54, 1.807) is 14.2 Å². The van der Waals surface area contributed by atoms with E-state index >= 15 is 0 Å². The Labute approximate surface area is 178 Å². The van der Waals surface area contributed by atoms with Crippen molar-refractivity contribution in [1.29, 1.82) is 0 Å². The molecule has 0 radical (unpaired) electrons. The standard InChI is InChI=1S/C25H29N3O2/c1-29-22-9-7-20(8-10-22)28(21-12-14-26-15-13-21)18-19-11-16-27-24(17-19)23-5-3-4-6-25(23)30-2/h3-11,16-17,21,26H,12-15,18H2,1-2H3. The lowest BCUT2D eigenvalue weighted by atomic mass is 10.0. The van der Waals surface area contributed by atoms with Gasteiger partial charge in [-0.15, -0.1) is 0 Å². The molecule has 156 valence electrons. The van der Waals surface area contributed by atoms with E-state index in [1.165, 1.54) is 11.3 Å². The molecule has 2 heterocycles. The van der Waals surface area contributed by atoms with Crippen molar-refractivity contribution in [3.63, 3.8) is 0 Å². The highest BCUT2D eigenvalue weighted by Gasteiger charge is 2.22. The second kappa shape index (κ2) is 9.63. The highest BCUT2D eigenvalue weighted by Crippen LogP contribution is 2.30. The van der Waals surface area contributed by atoms with Crippen LogP contribution in [-0.4, -0.2) is 38.3 Å². The Morgan fingerprint density at radius 3 is 2.47 bits per heavy atom. The molecule has 0 amide bonds. The van der Waals surface area contributed by atoms with Crippen molar-refractivity contribution in [2.24, 2.45) is 0 Å². The molecule has 0 spiro atoms. The summed E-state index contributed by atoms with van der Waals surface area (Å²) in [6.45, 7) is 2.95. The van der Waals surface area contributed by atoms with E-state index in [0.29, 0.717) is 6.04 Å². The molecule has 1 aliphatic heterocycles. The fourth-order valence-electron chi connectivity index (χ4n) is 4.10. The summed E-state index contributed by atoms with van der Waals surface area (Å²) in [5.41, 5.74) is 4.41. The summed E-state index contributed by atoms with van der Waals surface area (Å²) in [5.74, 6) is 1.72. The monoisotopic (exact) mass is 403 g/mol. The normalized spacial score (nSPS) is 14.3. The summed E-state index contributed by atoms with van der Waals surface area (Å²) >= 11 is 0. The highest BCUT2D eigenvalue weighted by atomic mass is 16.5. The van der Waals surface area contributed by atoms with Gasteiger partial charge in [0.25, 0.3) is 0 Å². The van der Waals surface area contributed by atoms with Crippen LogP contribution in [0.25, 0.3) is 11.3 Å². The summed E-state index contributed by atoms with van der Waals surface area (Å²) in [6, 6.07) is 21.2. The molecule has 0 unspecified atom stereocenters. The first kappa shape index (κ1) is 20.2. The Bertz CT molecular complexity index is 953. The van der Waals surface area contributed by atoms with Gasteiger partial charge in [-0.25, -0.2) is 0 Å². The summed E-state index contributed by atoms with van der Waals surface area (Å²) in [6.07, 6.45) is 4.17. The van der Waals surface area contributed by atoms with Crippen molar-refractivity contribution in [3.8, 4) is 22.8 Å². The molecular weight excluding hydrogens is 374 g/mol. The van der Waals surface area contributed by atoms with E-state index in [9.17, 15) is 0 Å². The number of ether oxygens (including phenoxy) is 2. The van der Waals surface area contributed by atoms with E-state index in [2.05, 4.69) is 45.5 Å². The number of para-hydroxylation sites is 1. The minimum Gasteiger partial charge on any atom is -0.497 e. The van der Waals surface area contributed by atoms with Gasteiger partial charge in [0.15, 0.2) is 0 Å². The molecule has 1 aliphatic rings. The third-order valence-electron chi connectivity index (χ3n) is 5.71. The van der Waals surface area contributed by atoms with Gasteiger partial charge in [0.05, 0.1) is 19.9 Å². The number of aromatic nitrogens is 1. The molecule has 5 nitrogen and oxygen atoms in total. The first-order valence-electron chi connectivity index (χ1n) is 10.5. The Morgan fingerprint density at radius 1 is 0.967 bits per heavy atom. The molecule has 1 aromatic heterocycles. The molecule has 4 rings (SSSR count). The van der Waals surface area contributed by atoms with Crippen molar-refractivity contribution in [1.82, 2.24) is 10.3 Å². The Morgan fingerprint density at radius 2 is 1.73 bits per heavy atom. The molecule has 0 saturated carbocycles.